The van der Waals surface area contributed by atoms with Gasteiger partial charge >= 0.3 is 0 Å². The molecule has 0 spiro atoms. The molecule has 0 aromatic rings. The molecule has 1 unspecified atom stereocenters. The van der Waals surface area contributed by atoms with Crippen molar-refractivity contribution in [3.8, 4) is 0 Å². The molecule has 0 rings (SSSR count). The molecule has 0 aliphatic carbocycles. The van der Waals surface area contributed by atoms with Crippen LogP contribution < -0.4 is 5.73 Å². The quantitative estimate of drug-likeness (QED) is 0.672. The van der Waals surface area contributed by atoms with Crippen molar-refractivity contribution in [2.45, 2.75) is 58.5 Å². The maximum atomic E-state index is 12.2. The fourth-order valence-corrected chi connectivity index (χ4v) is 2.04. The topological polar surface area (TPSA) is 55.6 Å². The molecular formula is C13H28N2O2. The Morgan fingerprint density at radius 1 is 1.29 bits per heavy atom. The molecule has 0 aromatic carbocycles. The minimum atomic E-state index is -0.363. The van der Waals surface area contributed by atoms with Crippen molar-refractivity contribution in [1.29, 1.82) is 0 Å². The van der Waals surface area contributed by atoms with Gasteiger partial charge in [0.05, 0.1) is 12.6 Å². The highest BCUT2D eigenvalue weighted by atomic mass is 16.5. The van der Waals surface area contributed by atoms with Crippen molar-refractivity contribution in [3.05, 3.63) is 0 Å². The summed E-state index contributed by atoms with van der Waals surface area (Å²) in [5.74, 6) is 0.0672. The van der Waals surface area contributed by atoms with E-state index in [9.17, 15) is 4.79 Å². The lowest BCUT2D eigenvalue weighted by Crippen LogP contribution is -2.49. The number of ether oxygens (including phenoxy) is 1. The van der Waals surface area contributed by atoms with Gasteiger partial charge in [-0.05, 0) is 19.3 Å². The summed E-state index contributed by atoms with van der Waals surface area (Å²) in [7, 11) is 1.65. The van der Waals surface area contributed by atoms with Crippen LogP contribution in [0.25, 0.3) is 0 Å². The van der Waals surface area contributed by atoms with E-state index >= 15 is 0 Å². The number of hydrogen-bond donors (Lipinski definition) is 1. The van der Waals surface area contributed by atoms with Gasteiger partial charge < -0.3 is 15.4 Å². The SMILES string of the molecule is CCCC(N)C(=O)N(CCOC)C(CC)CC. The number of methoxy groups -OCH3 is 1. The molecule has 102 valence electrons. The molecule has 0 aliphatic heterocycles. The van der Waals surface area contributed by atoms with E-state index in [4.69, 9.17) is 10.5 Å². The standard InChI is InChI=1S/C13H28N2O2/c1-5-8-12(14)13(16)15(9-10-17-4)11(6-2)7-3/h11-12H,5-10,14H2,1-4H3. The number of nitrogens with two attached hydrogens (primary N) is 1. The first-order chi connectivity index (χ1) is 8.12. The van der Waals surface area contributed by atoms with E-state index in [1.165, 1.54) is 0 Å². The van der Waals surface area contributed by atoms with Crippen molar-refractivity contribution in [2.75, 3.05) is 20.3 Å². The zero-order valence-electron chi connectivity index (χ0n) is 11.7. The van der Waals surface area contributed by atoms with E-state index in [0.717, 1.165) is 25.7 Å². The molecule has 0 saturated heterocycles. The van der Waals surface area contributed by atoms with Crippen LogP contribution in [-0.2, 0) is 9.53 Å². The van der Waals surface area contributed by atoms with Crippen LogP contribution in [0, 0.1) is 0 Å². The monoisotopic (exact) mass is 244 g/mol. The smallest absolute Gasteiger partial charge is 0.239 e. The van der Waals surface area contributed by atoms with Gasteiger partial charge in [0.1, 0.15) is 0 Å². The van der Waals surface area contributed by atoms with Gasteiger partial charge in [0.25, 0.3) is 0 Å². The van der Waals surface area contributed by atoms with E-state index < -0.39 is 0 Å². The summed E-state index contributed by atoms with van der Waals surface area (Å²) in [5, 5.41) is 0. The molecule has 0 bridgehead atoms. The highest BCUT2D eigenvalue weighted by molar-refractivity contribution is 5.81. The van der Waals surface area contributed by atoms with Gasteiger partial charge in [0, 0.05) is 19.7 Å². The first-order valence-electron chi connectivity index (χ1n) is 6.67. The lowest BCUT2D eigenvalue weighted by molar-refractivity contribution is -0.136. The number of hydrogen-bond acceptors (Lipinski definition) is 3. The van der Waals surface area contributed by atoms with Gasteiger partial charge in [-0.25, -0.2) is 0 Å². The zero-order chi connectivity index (χ0) is 13.3. The fraction of sp³-hybridized carbons (Fsp3) is 0.923. The molecule has 4 nitrogen and oxygen atoms in total. The van der Waals surface area contributed by atoms with Crippen molar-refractivity contribution in [2.24, 2.45) is 5.73 Å². The van der Waals surface area contributed by atoms with E-state index in [0.29, 0.717) is 13.2 Å². The average Bonchev–Trinajstić information content (AvgIpc) is 2.34. The molecule has 0 aliphatic rings. The molecule has 17 heavy (non-hydrogen) atoms. The lowest BCUT2D eigenvalue weighted by atomic mass is 10.1. The second kappa shape index (κ2) is 9.42. The third kappa shape index (κ3) is 5.50. The molecule has 0 heterocycles. The van der Waals surface area contributed by atoms with Crippen molar-refractivity contribution < 1.29 is 9.53 Å². The summed E-state index contributed by atoms with van der Waals surface area (Å²) < 4.78 is 5.07. The molecule has 2 N–H and O–H groups in total. The minimum Gasteiger partial charge on any atom is -0.383 e. The predicted octanol–water partition coefficient (Wildman–Crippen LogP) is 1.78. The molecular weight excluding hydrogens is 216 g/mol. The van der Waals surface area contributed by atoms with Crippen LogP contribution in [0.1, 0.15) is 46.5 Å². The maximum absolute atomic E-state index is 12.2. The number of nitrogens with zero attached hydrogens (tertiary/aromatic N) is 1. The van der Waals surface area contributed by atoms with E-state index in [-0.39, 0.29) is 18.0 Å². The molecule has 0 saturated carbocycles. The third-order valence-corrected chi connectivity index (χ3v) is 3.12. The second-order valence-electron chi connectivity index (χ2n) is 4.39. The van der Waals surface area contributed by atoms with E-state index in [2.05, 4.69) is 13.8 Å². The van der Waals surface area contributed by atoms with Gasteiger partial charge in [-0.1, -0.05) is 27.2 Å². The van der Waals surface area contributed by atoms with Crippen LogP contribution in [0.5, 0.6) is 0 Å². The van der Waals surface area contributed by atoms with Crippen LogP contribution in [0.15, 0.2) is 0 Å². The summed E-state index contributed by atoms with van der Waals surface area (Å²) in [6.07, 6.45) is 3.62. The Morgan fingerprint density at radius 2 is 1.88 bits per heavy atom. The Bertz CT molecular complexity index is 206. The molecule has 0 fully saturated rings. The van der Waals surface area contributed by atoms with E-state index in [1.807, 2.05) is 11.8 Å². The molecule has 4 heteroatoms. The first-order valence-corrected chi connectivity index (χ1v) is 6.67. The summed E-state index contributed by atoms with van der Waals surface area (Å²) in [6, 6.07) is -0.0852. The summed E-state index contributed by atoms with van der Waals surface area (Å²) in [5.41, 5.74) is 5.92. The lowest BCUT2D eigenvalue weighted by Gasteiger charge is -2.32. The molecule has 0 aromatic heterocycles. The Balaban J connectivity index is 4.58. The van der Waals surface area contributed by atoms with Crippen molar-refractivity contribution in [3.63, 3.8) is 0 Å². The predicted molar refractivity (Wildman–Crippen MR) is 70.8 cm³/mol. The normalized spacial score (nSPS) is 12.8. The van der Waals surface area contributed by atoms with Crippen LogP contribution in [0.2, 0.25) is 0 Å². The summed E-state index contributed by atoms with van der Waals surface area (Å²) in [4.78, 5) is 14.1. The van der Waals surface area contributed by atoms with Crippen LogP contribution >= 0.6 is 0 Å². The van der Waals surface area contributed by atoms with Gasteiger partial charge in [-0.3, -0.25) is 4.79 Å². The molecule has 1 atom stereocenters. The van der Waals surface area contributed by atoms with Crippen molar-refractivity contribution in [1.82, 2.24) is 4.90 Å². The summed E-state index contributed by atoms with van der Waals surface area (Å²) in [6.45, 7) is 7.46. The number of rotatable bonds is 9. The Kier molecular flexibility index (Phi) is 9.09. The fourth-order valence-electron chi connectivity index (χ4n) is 2.04. The van der Waals surface area contributed by atoms with Crippen LogP contribution in [0.4, 0.5) is 0 Å². The Morgan fingerprint density at radius 3 is 2.29 bits per heavy atom. The minimum absolute atomic E-state index is 0.0672. The highest BCUT2D eigenvalue weighted by Crippen LogP contribution is 2.11. The van der Waals surface area contributed by atoms with Gasteiger partial charge in [-0.15, -0.1) is 0 Å². The number of carbonyl (C=O) groups excluding carboxylic acids is 1. The Labute approximate surface area is 105 Å². The number of carbonyl (C=O) groups is 1. The molecule has 1 amide bonds. The number of amides is 1. The van der Waals surface area contributed by atoms with Crippen LogP contribution in [0.3, 0.4) is 0 Å². The second-order valence-corrected chi connectivity index (χ2v) is 4.39. The van der Waals surface area contributed by atoms with Crippen LogP contribution in [-0.4, -0.2) is 43.2 Å². The maximum Gasteiger partial charge on any atom is 0.239 e. The van der Waals surface area contributed by atoms with Gasteiger partial charge in [0.15, 0.2) is 0 Å². The first kappa shape index (κ1) is 16.4. The highest BCUT2D eigenvalue weighted by Gasteiger charge is 2.24. The van der Waals surface area contributed by atoms with Gasteiger partial charge in [-0.2, -0.15) is 0 Å². The summed E-state index contributed by atoms with van der Waals surface area (Å²) >= 11 is 0. The van der Waals surface area contributed by atoms with Gasteiger partial charge in [0.2, 0.25) is 5.91 Å². The Hall–Kier alpha value is -0.610. The third-order valence-electron chi connectivity index (χ3n) is 3.12. The van der Waals surface area contributed by atoms with E-state index in [1.54, 1.807) is 7.11 Å². The average molecular weight is 244 g/mol. The zero-order valence-corrected chi connectivity index (χ0v) is 11.7. The largest absolute Gasteiger partial charge is 0.383 e. The molecule has 0 radical (unpaired) electrons. The van der Waals surface area contributed by atoms with Crippen molar-refractivity contribution >= 4 is 5.91 Å².